The molecule has 8 rings (SSSR count). The first-order chi connectivity index (χ1) is 46.9. The number of carboxylic acids is 1. The lowest BCUT2D eigenvalue weighted by Gasteiger charge is -2.37. The summed E-state index contributed by atoms with van der Waals surface area (Å²) in [5.41, 5.74) is 33.2. The van der Waals surface area contributed by atoms with E-state index in [2.05, 4.69) is 124 Å². The van der Waals surface area contributed by atoms with Crippen LogP contribution in [0, 0.1) is 47.4 Å². The van der Waals surface area contributed by atoms with Crippen LogP contribution in [-0.4, -0.2) is 169 Å². The summed E-state index contributed by atoms with van der Waals surface area (Å²) in [7, 11) is 0. The van der Waals surface area contributed by atoms with Gasteiger partial charge in [0.05, 0.1) is 31.9 Å². The number of azide groups is 1. The van der Waals surface area contributed by atoms with Crippen molar-refractivity contribution in [1.29, 1.82) is 0 Å². The maximum Gasteiger partial charge on any atom is 0.326 e. The predicted molar refractivity (Wildman–Crippen MR) is 365 cm³/mol. The fraction of sp³-hybridized carbons (Fsp3) is 0.529. The Labute approximate surface area is 571 Å². The molecule has 522 valence electrons. The highest BCUT2D eigenvalue weighted by molar-refractivity contribution is 8.06. The minimum absolute atomic E-state index is 0.0142. The number of nitrogens with one attached hydrogen (secondary N) is 6. The fourth-order valence-electron chi connectivity index (χ4n) is 13.1. The predicted octanol–water partition coefficient (Wildman–Crippen LogP) is 2.61. The van der Waals surface area contributed by atoms with Crippen molar-refractivity contribution in [3.05, 3.63) is 96.4 Å². The smallest absolute Gasteiger partial charge is 0.326 e. The van der Waals surface area contributed by atoms with Crippen molar-refractivity contribution in [1.82, 2.24) is 51.8 Å². The lowest BCUT2D eigenvalue weighted by Crippen LogP contribution is -2.62. The van der Waals surface area contributed by atoms with E-state index in [1.165, 1.54) is 76.7 Å². The Morgan fingerprint density at radius 2 is 1.42 bits per heavy atom. The molecule has 2 aliphatic heterocycles. The third-order valence-electron chi connectivity index (χ3n) is 18.0. The van der Waals surface area contributed by atoms with E-state index in [4.69, 9.17) is 22.7 Å². The molecule has 3 heterocycles. The number of aliphatic hydroxyl groups excluding tert-OH is 2. The van der Waals surface area contributed by atoms with Crippen LogP contribution in [0.25, 0.3) is 26.8 Å². The Bertz CT molecular complexity index is 3880. The number of hydrogen-bond acceptors (Lipinski definition) is 16. The number of nitrogens with two attached hydrogens (primary N) is 3. The van der Waals surface area contributed by atoms with Crippen LogP contribution in [0.2, 0.25) is 0 Å². The number of guanidine groups is 1. The van der Waals surface area contributed by atoms with Gasteiger partial charge in [-0.05, 0) is 156 Å². The lowest BCUT2D eigenvalue weighted by molar-refractivity contribution is -0.149. The van der Waals surface area contributed by atoms with E-state index in [1.807, 2.05) is 11.8 Å². The molecule has 15 N–H and O–H groups in total. The Morgan fingerprint density at radius 3 is 2.06 bits per heavy atom. The summed E-state index contributed by atoms with van der Waals surface area (Å²) in [5.74, 6) is 4.30. The molecule has 1 fully saturated rings. The first kappa shape index (κ1) is 74.1. The molecule has 11 atom stereocenters. The zero-order valence-electron chi connectivity index (χ0n) is 55.6. The number of aryl methyl sites for hydroxylation is 1. The molecule has 29 nitrogen and oxygen atoms in total. The van der Waals surface area contributed by atoms with Gasteiger partial charge in [0.25, 0.3) is 5.91 Å². The van der Waals surface area contributed by atoms with E-state index in [0.29, 0.717) is 31.7 Å². The molecular weight excluding hydrogens is 1280 g/mol. The zero-order valence-corrected chi connectivity index (χ0v) is 56.5. The second kappa shape index (κ2) is 34.5. The van der Waals surface area contributed by atoms with Crippen molar-refractivity contribution in [2.24, 2.45) is 51.0 Å². The van der Waals surface area contributed by atoms with Gasteiger partial charge in [-0.15, -0.1) is 16.9 Å². The van der Waals surface area contributed by atoms with Crippen molar-refractivity contribution < 1.29 is 58.5 Å². The number of likely N-dealkylation sites (tertiary alicyclic amines) is 1. The summed E-state index contributed by atoms with van der Waals surface area (Å²) in [5, 5.41) is 59.5. The van der Waals surface area contributed by atoms with Crippen molar-refractivity contribution in [2.75, 3.05) is 26.2 Å². The van der Waals surface area contributed by atoms with Gasteiger partial charge < -0.3 is 69.3 Å². The number of thioether (sulfide) groups is 1. The Hall–Kier alpha value is -9.74. The standard InChI is InChI=1S/C68H87N17O12S/c1-36(2)58(64(93)75-38(4)66(95)85-29-13-19-51(85)67(96)97)79-60(89)47(18-12-26-73-68(70)71)76-65(94)59(39(5)87)80-61(90)48(33-54(69)88)77-63(92)50(35-86)78-62(91)49-34-84(83-81-49)28-11-9-15-41-21-25-53-46(32-41)57(45-31-40(20-24-52(45)98-53)14-8-10-27-74-82-72)55-37(3)30-43-23-22-42-16-6-7-17-44(42)56(43)55/h6-7,16-17,22-23,34,36-41,47-48,50-51,58-59,86-87H,10-13,18-21,24-33,35H2,1-5H3,(H2,69,88)(H,75,93)(H,76,94)(H,77,92)(H,78,91)(H,79,89)(H,80,90)(H,96,97)(H4,70,71,73)/b57-55+/t37-,38+,39-,40+,41?,47+,48+,50+,51+,58+,59+/m1/s1. The van der Waals surface area contributed by atoms with Crippen molar-refractivity contribution >= 4 is 87.3 Å². The van der Waals surface area contributed by atoms with Gasteiger partial charge in [-0.25, -0.2) is 4.79 Å². The van der Waals surface area contributed by atoms with Crippen LogP contribution in [0.5, 0.6) is 0 Å². The third kappa shape index (κ3) is 18.9. The van der Waals surface area contributed by atoms with E-state index in [1.54, 1.807) is 13.8 Å². The molecular formula is C68H87N17O12S. The van der Waals surface area contributed by atoms with Gasteiger partial charge in [0.2, 0.25) is 41.4 Å². The monoisotopic (exact) mass is 1370 g/mol. The van der Waals surface area contributed by atoms with Gasteiger partial charge in [0.1, 0.15) is 42.3 Å². The average Bonchev–Trinajstić information content (AvgIpc) is 1.45. The molecule has 0 saturated carbocycles. The highest BCUT2D eigenvalue weighted by Crippen LogP contribution is 2.57. The summed E-state index contributed by atoms with van der Waals surface area (Å²) in [6.45, 7) is 7.81. The summed E-state index contributed by atoms with van der Waals surface area (Å²) in [4.78, 5) is 131. The van der Waals surface area contributed by atoms with Gasteiger partial charge in [0.15, 0.2) is 11.7 Å². The van der Waals surface area contributed by atoms with E-state index in [0.717, 1.165) is 51.9 Å². The Kier molecular flexibility index (Phi) is 26.0. The van der Waals surface area contributed by atoms with Gasteiger partial charge in [-0.1, -0.05) is 91.1 Å². The Morgan fingerprint density at radius 1 is 0.776 bits per heavy atom. The van der Waals surface area contributed by atoms with Crippen LogP contribution in [-0.2, 0) is 51.3 Å². The summed E-state index contributed by atoms with van der Waals surface area (Å²) >= 11 is 1.94. The summed E-state index contributed by atoms with van der Waals surface area (Å²) in [6.07, 6.45) is 6.57. The number of aromatic nitrogens is 3. The highest BCUT2D eigenvalue weighted by atomic mass is 32.2. The first-order valence-corrected chi connectivity index (χ1v) is 33.9. The number of hydrogen-bond donors (Lipinski definition) is 12. The molecule has 1 saturated heterocycles. The number of aliphatic carboxylic acids is 1. The van der Waals surface area contributed by atoms with Crippen LogP contribution >= 0.6 is 11.8 Å². The van der Waals surface area contributed by atoms with E-state index < -0.39 is 121 Å². The zero-order chi connectivity index (χ0) is 70.9. The number of aliphatic hydroxyl groups is 2. The second-order valence-corrected chi connectivity index (χ2v) is 26.8. The molecule has 0 spiro atoms. The van der Waals surface area contributed by atoms with Crippen LogP contribution in [0.4, 0.5) is 0 Å². The van der Waals surface area contributed by atoms with Gasteiger partial charge in [-0.2, -0.15) is 0 Å². The Balaban J connectivity index is 0.883. The fourth-order valence-corrected chi connectivity index (χ4v) is 14.4. The maximum atomic E-state index is 14.0. The summed E-state index contributed by atoms with van der Waals surface area (Å²) < 4.78 is 1.42. The number of carbonyl (C=O) groups excluding carboxylic acids is 8. The number of benzene rings is 2. The molecule has 3 aliphatic carbocycles. The molecule has 1 aromatic heterocycles. The van der Waals surface area contributed by atoms with E-state index in [9.17, 15) is 58.5 Å². The average molecular weight is 1370 g/mol. The lowest BCUT2D eigenvalue weighted by atomic mass is 9.74. The minimum Gasteiger partial charge on any atom is -0.480 e. The molecule has 2 aromatic carbocycles. The molecule has 98 heavy (non-hydrogen) atoms. The minimum atomic E-state index is -1.87. The SMILES string of the molecule is CC(C)[C@H](NC(=O)[C@H](CCCN=C(N)N)NC(=O)[C@@H](NC(=O)[C@H](CC(N)=O)NC(=O)[C@H](CO)NC(=O)c1cn(CCC#CC2CCC3=C(C2)/C(=C2/c4c(ccc5ccccc45)C[C@H]2C)C2=C(CC[C@H](C#CCCN=[N+]=[N-])C2)S3)nn1)[C@@H](C)O)C(=O)N[C@@H](C)C(=O)N1CCC[C@H]1C(=O)O. The van der Waals surface area contributed by atoms with Gasteiger partial charge in [-0.3, -0.25) is 48.0 Å². The van der Waals surface area contributed by atoms with Crippen molar-refractivity contribution in [3.8, 4) is 23.7 Å². The topological polar surface area (TPSA) is 460 Å². The number of primary amides is 1. The second-order valence-electron chi connectivity index (χ2n) is 25.6. The summed E-state index contributed by atoms with van der Waals surface area (Å²) in [6, 6.07) is 2.60. The van der Waals surface area contributed by atoms with Crippen LogP contribution < -0.4 is 49.1 Å². The molecule has 3 aromatic rings. The number of aliphatic imine (C=N–C) groups is 1. The van der Waals surface area contributed by atoms with Gasteiger partial charge >= 0.3 is 5.97 Å². The number of carboxylic acid groups (broad SMARTS) is 1. The number of nitrogens with zero attached hydrogens (tertiary/aromatic N) is 8. The largest absolute Gasteiger partial charge is 0.480 e. The number of allylic oxidation sites excluding steroid dienone is 6. The number of carbonyl (C=O) groups is 9. The third-order valence-corrected chi connectivity index (χ3v) is 19.4. The maximum absolute atomic E-state index is 14.0. The van der Waals surface area contributed by atoms with Crippen LogP contribution in [0.1, 0.15) is 140 Å². The molecule has 1 unspecified atom stereocenters. The molecule has 0 bridgehead atoms. The van der Waals surface area contributed by atoms with Crippen LogP contribution in [0.3, 0.4) is 0 Å². The highest BCUT2D eigenvalue weighted by Gasteiger charge is 2.41. The quantitative estimate of drug-likeness (QED) is 0.00992. The van der Waals surface area contributed by atoms with E-state index in [-0.39, 0.29) is 62.4 Å². The molecule has 0 radical (unpaired) electrons. The number of fused-ring (bicyclic) bond motifs is 3. The first-order valence-electron chi connectivity index (χ1n) is 33.1. The molecule has 8 amide bonds. The van der Waals surface area contributed by atoms with E-state index >= 15 is 0 Å². The molecule has 5 aliphatic rings. The molecule has 30 heteroatoms. The number of amides is 8. The van der Waals surface area contributed by atoms with Gasteiger partial charge in [0, 0.05) is 49.2 Å². The normalized spacial score (nSPS) is 20.7. The number of rotatable bonds is 27. The van der Waals surface area contributed by atoms with Crippen molar-refractivity contribution in [3.63, 3.8) is 0 Å². The van der Waals surface area contributed by atoms with Crippen molar-refractivity contribution in [2.45, 2.75) is 179 Å². The van der Waals surface area contributed by atoms with Crippen LogP contribution in [0.15, 0.2) is 79.2 Å².